The molecule has 0 amide bonds. The highest BCUT2D eigenvalue weighted by molar-refractivity contribution is 7.91. The van der Waals surface area contributed by atoms with Crippen molar-refractivity contribution in [1.82, 2.24) is 0 Å². The molecule has 4 aromatic rings. The van der Waals surface area contributed by atoms with E-state index in [1.54, 1.807) is 55.6 Å². The van der Waals surface area contributed by atoms with Crippen molar-refractivity contribution in [2.45, 2.75) is 44.4 Å². The summed E-state index contributed by atoms with van der Waals surface area (Å²) in [7, 11) is -1.91. The predicted molar refractivity (Wildman–Crippen MR) is 144 cm³/mol. The van der Waals surface area contributed by atoms with Crippen molar-refractivity contribution in [3.8, 4) is 28.4 Å². The zero-order valence-corrected chi connectivity index (χ0v) is 22.1. The molecule has 0 saturated carbocycles. The molecule has 0 aliphatic rings. The third-order valence-electron chi connectivity index (χ3n) is 4.98. The Bertz CT molecular complexity index is 1260. The van der Waals surface area contributed by atoms with Gasteiger partial charge in [0.15, 0.2) is 0 Å². The van der Waals surface area contributed by atoms with Gasteiger partial charge in [0.1, 0.15) is 17.2 Å². The molecule has 0 radical (unpaired) electrons. The van der Waals surface area contributed by atoms with Gasteiger partial charge < -0.3 is 9.47 Å². The summed E-state index contributed by atoms with van der Waals surface area (Å²) in [4.78, 5) is 0.513. The van der Waals surface area contributed by atoms with Crippen molar-refractivity contribution >= 4 is 9.84 Å². The fraction of sp³-hybridized carbons (Fsp3) is 0.200. The molecule has 5 heteroatoms. The van der Waals surface area contributed by atoms with E-state index < -0.39 is 9.84 Å². The van der Waals surface area contributed by atoms with Gasteiger partial charge in [-0.25, -0.2) is 8.42 Å². The van der Waals surface area contributed by atoms with Gasteiger partial charge in [-0.1, -0.05) is 69.7 Å². The lowest BCUT2D eigenvalue weighted by molar-refractivity contribution is 0.415. The zero-order valence-electron chi connectivity index (χ0n) is 21.3. The first-order chi connectivity index (χ1) is 17.0. The lowest BCUT2D eigenvalue weighted by Crippen LogP contribution is -2.01. The van der Waals surface area contributed by atoms with E-state index in [1.807, 2.05) is 83.1 Å². The summed E-state index contributed by atoms with van der Waals surface area (Å²) in [6.45, 7) is 9.92. The Morgan fingerprint density at radius 2 is 0.857 bits per heavy atom. The zero-order chi connectivity index (χ0) is 25.8. The van der Waals surface area contributed by atoms with Gasteiger partial charge in [0.05, 0.1) is 16.9 Å². The maximum atomic E-state index is 12.8. The Kier molecular flexibility index (Phi) is 10.6. The summed E-state index contributed by atoms with van der Waals surface area (Å²) in [5.74, 6) is 2.06. The molecule has 4 aromatic carbocycles. The minimum atomic E-state index is -3.55. The molecule has 0 N–H and O–H groups in total. The van der Waals surface area contributed by atoms with Crippen LogP contribution in [0.15, 0.2) is 107 Å². The number of hydrogen-bond acceptors (Lipinski definition) is 4. The third-order valence-corrected chi connectivity index (χ3v) is 6.76. The maximum Gasteiger partial charge on any atom is 0.206 e. The quantitative estimate of drug-likeness (QED) is 0.272. The van der Waals surface area contributed by atoms with E-state index in [-0.39, 0.29) is 9.79 Å². The molecule has 4 rings (SSSR count). The number of rotatable bonds is 6. The highest BCUT2D eigenvalue weighted by Crippen LogP contribution is 2.29. The van der Waals surface area contributed by atoms with E-state index in [0.29, 0.717) is 11.5 Å². The van der Waals surface area contributed by atoms with Crippen LogP contribution in [0.4, 0.5) is 0 Å². The number of ether oxygens (including phenoxy) is 2. The van der Waals surface area contributed by atoms with Gasteiger partial charge in [0.2, 0.25) is 9.84 Å². The second-order valence-electron chi connectivity index (χ2n) is 7.14. The Morgan fingerprint density at radius 1 is 0.514 bits per heavy atom. The average Bonchev–Trinajstić information content (AvgIpc) is 2.92. The Labute approximate surface area is 210 Å². The molecule has 4 nitrogen and oxygen atoms in total. The summed E-state index contributed by atoms with van der Waals surface area (Å²) < 4.78 is 36.6. The van der Waals surface area contributed by atoms with Crippen molar-refractivity contribution < 1.29 is 17.9 Å². The SMILES string of the molecule is CC.CC.COc1ccc(-c2ccc(Oc3ccc(S(=O)(=O)c4ccc(C)cc4)cc3)cc2)cc1. The first kappa shape index (κ1) is 27.7. The minimum Gasteiger partial charge on any atom is -0.497 e. The van der Waals surface area contributed by atoms with Crippen molar-refractivity contribution in [2.24, 2.45) is 0 Å². The van der Waals surface area contributed by atoms with Crippen LogP contribution < -0.4 is 9.47 Å². The van der Waals surface area contributed by atoms with Crippen LogP contribution in [0.3, 0.4) is 0 Å². The number of aryl methyl sites for hydroxylation is 1. The van der Waals surface area contributed by atoms with Gasteiger partial charge in [-0.05, 0) is 78.7 Å². The Hall–Kier alpha value is -3.57. The van der Waals surface area contributed by atoms with Crippen LogP contribution >= 0.6 is 0 Å². The molecule has 0 unspecified atom stereocenters. The van der Waals surface area contributed by atoms with Crippen LogP contribution in [0, 0.1) is 6.92 Å². The van der Waals surface area contributed by atoms with Gasteiger partial charge >= 0.3 is 0 Å². The van der Waals surface area contributed by atoms with Crippen LogP contribution in [-0.4, -0.2) is 15.5 Å². The summed E-state index contributed by atoms with van der Waals surface area (Å²) in [5, 5.41) is 0. The van der Waals surface area contributed by atoms with Crippen LogP contribution in [0.25, 0.3) is 11.1 Å². The molecule has 0 bridgehead atoms. The number of hydrogen-bond donors (Lipinski definition) is 0. The first-order valence-corrected chi connectivity index (χ1v) is 13.3. The van der Waals surface area contributed by atoms with Crippen molar-refractivity contribution in [2.75, 3.05) is 7.11 Å². The van der Waals surface area contributed by atoms with Gasteiger partial charge in [-0.3, -0.25) is 0 Å². The predicted octanol–water partition coefficient (Wildman–Crippen LogP) is 8.35. The molecule has 0 fully saturated rings. The number of benzene rings is 4. The summed E-state index contributed by atoms with van der Waals surface area (Å²) >= 11 is 0. The Morgan fingerprint density at radius 3 is 1.26 bits per heavy atom. The topological polar surface area (TPSA) is 52.6 Å². The molecule has 35 heavy (non-hydrogen) atoms. The lowest BCUT2D eigenvalue weighted by atomic mass is 10.1. The van der Waals surface area contributed by atoms with E-state index in [4.69, 9.17) is 9.47 Å². The molecule has 0 spiro atoms. The molecular weight excluding hydrogens is 456 g/mol. The minimum absolute atomic E-state index is 0.235. The summed E-state index contributed by atoms with van der Waals surface area (Å²) in [6.07, 6.45) is 0. The molecule has 0 aliphatic heterocycles. The summed E-state index contributed by atoms with van der Waals surface area (Å²) in [5.41, 5.74) is 3.16. The number of sulfone groups is 1. The van der Waals surface area contributed by atoms with Crippen molar-refractivity contribution in [1.29, 1.82) is 0 Å². The summed E-state index contributed by atoms with van der Waals surface area (Å²) in [6, 6.07) is 28.9. The highest BCUT2D eigenvalue weighted by atomic mass is 32.2. The molecule has 184 valence electrons. The van der Waals surface area contributed by atoms with Crippen LogP contribution in [0.1, 0.15) is 33.3 Å². The van der Waals surface area contributed by atoms with Gasteiger partial charge in [0.25, 0.3) is 0 Å². The van der Waals surface area contributed by atoms with E-state index in [1.165, 1.54) is 0 Å². The van der Waals surface area contributed by atoms with Gasteiger partial charge in [0, 0.05) is 0 Å². The third kappa shape index (κ3) is 7.20. The second-order valence-corrected chi connectivity index (χ2v) is 9.09. The molecular formula is C30H34O4S. The fourth-order valence-corrected chi connectivity index (χ4v) is 4.44. The molecule has 0 aliphatic carbocycles. The molecule has 0 heterocycles. The maximum absolute atomic E-state index is 12.8. The fourth-order valence-electron chi connectivity index (χ4n) is 3.18. The monoisotopic (exact) mass is 490 g/mol. The van der Waals surface area contributed by atoms with E-state index >= 15 is 0 Å². The molecule has 0 aromatic heterocycles. The number of methoxy groups -OCH3 is 1. The lowest BCUT2D eigenvalue weighted by Gasteiger charge is -2.09. The smallest absolute Gasteiger partial charge is 0.206 e. The molecule has 0 saturated heterocycles. The van der Waals surface area contributed by atoms with Crippen LogP contribution in [0.2, 0.25) is 0 Å². The van der Waals surface area contributed by atoms with E-state index in [2.05, 4.69) is 0 Å². The van der Waals surface area contributed by atoms with Gasteiger partial charge in [-0.15, -0.1) is 0 Å². The van der Waals surface area contributed by atoms with Crippen molar-refractivity contribution in [3.05, 3.63) is 103 Å². The Balaban J connectivity index is 0.00000103. The highest BCUT2D eigenvalue weighted by Gasteiger charge is 2.17. The van der Waals surface area contributed by atoms with Crippen LogP contribution in [0.5, 0.6) is 17.2 Å². The van der Waals surface area contributed by atoms with Crippen LogP contribution in [-0.2, 0) is 9.84 Å². The standard InChI is InChI=1S/C26H22O4S.2C2H6/c1-19-3-15-25(16-4-19)31(27,28)26-17-13-24(14-18-26)30-23-11-7-21(8-12-23)20-5-9-22(29-2)10-6-20;2*1-2/h3-18H,1-2H3;2*1-2H3. The largest absolute Gasteiger partial charge is 0.497 e. The van der Waals surface area contributed by atoms with E-state index in [9.17, 15) is 8.42 Å². The van der Waals surface area contributed by atoms with E-state index in [0.717, 1.165) is 22.4 Å². The van der Waals surface area contributed by atoms with Gasteiger partial charge in [-0.2, -0.15) is 0 Å². The molecule has 0 atom stereocenters. The normalized spacial score (nSPS) is 10.2. The average molecular weight is 491 g/mol. The first-order valence-electron chi connectivity index (χ1n) is 11.8. The van der Waals surface area contributed by atoms with Crippen molar-refractivity contribution in [3.63, 3.8) is 0 Å². The second kappa shape index (κ2) is 13.4.